The molecule has 3 N–H and O–H groups in total. The van der Waals surface area contributed by atoms with Crippen molar-refractivity contribution in [3.05, 3.63) is 114 Å². The molecule has 5 aromatic rings. The molecule has 0 radical (unpaired) electrons. The summed E-state index contributed by atoms with van der Waals surface area (Å²) in [5.74, 6) is -1.03. The van der Waals surface area contributed by atoms with Crippen molar-refractivity contribution in [2.24, 2.45) is 0 Å². The van der Waals surface area contributed by atoms with E-state index in [1.54, 1.807) is 30.3 Å². The number of fused-ring (bicyclic) bond motifs is 1. The van der Waals surface area contributed by atoms with Crippen molar-refractivity contribution in [2.45, 2.75) is 18.4 Å². The maximum Gasteiger partial charge on any atom is 0.255 e. The van der Waals surface area contributed by atoms with Crippen LogP contribution in [0.25, 0.3) is 33.4 Å². The van der Waals surface area contributed by atoms with Crippen LogP contribution in [0, 0.1) is 5.82 Å². The first-order valence-electron chi connectivity index (χ1n) is 14.7. The number of hydrogen-bond acceptors (Lipinski definition) is 6. The van der Waals surface area contributed by atoms with Crippen molar-refractivity contribution in [2.75, 3.05) is 30.8 Å². The quantitative estimate of drug-likeness (QED) is 0.186. The number of sulfonamides is 1. The number of furan rings is 1. The SMILES string of the molecule is CNC(=O)c1c(-c2ccc(F)cc2)oc2cc(N(CCO)S(C)(=O)=O)c(-c3cccc(C(=O)NC4(c5ccccc5)CC4)c3)cc12. The molecule has 2 amide bonds. The van der Waals surface area contributed by atoms with Gasteiger partial charge in [-0.2, -0.15) is 0 Å². The Morgan fingerprint density at radius 3 is 2.28 bits per heavy atom. The zero-order chi connectivity index (χ0) is 32.6. The molecule has 4 aromatic carbocycles. The van der Waals surface area contributed by atoms with E-state index in [1.807, 2.05) is 30.3 Å². The lowest BCUT2D eigenvalue weighted by Gasteiger charge is -2.24. The maximum absolute atomic E-state index is 13.7. The number of amides is 2. The molecular formula is C35H32FN3O6S. The topological polar surface area (TPSA) is 129 Å². The van der Waals surface area contributed by atoms with Crippen molar-refractivity contribution in [3.63, 3.8) is 0 Å². The summed E-state index contributed by atoms with van der Waals surface area (Å²) in [7, 11) is -2.43. The van der Waals surface area contributed by atoms with Gasteiger partial charge in [-0.1, -0.05) is 42.5 Å². The molecule has 46 heavy (non-hydrogen) atoms. The normalized spacial score (nSPS) is 13.7. The highest BCUT2D eigenvalue weighted by Gasteiger charge is 2.45. The minimum atomic E-state index is -3.90. The van der Waals surface area contributed by atoms with Crippen LogP contribution in [0.2, 0.25) is 0 Å². The van der Waals surface area contributed by atoms with Crippen molar-refractivity contribution >= 4 is 38.5 Å². The van der Waals surface area contributed by atoms with Crippen molar-refractivity contribution in [1.29, 1.82) is 0 Å². The van der Waals surface area contributed by atoms with Gasteiger partial charge in [0.2, 0.25) is 10.0 Å². The summed E-state index contributed by atoms with van der Waals surface area (Å²) < 4.78 is 47.0. The lowest BCUT2D eigenvalue weighted by molar-refractivity contribution is 0.0929. The van der Waals surface area contributed by atoms with Gasteiger partial charge in [-0.15, -0.1) is 0 Å². The average Bonchev–Trinajstić information content (AvgIpc) is 3.74. The molecule has 0 saturated heterocycles. The molecule has 1 aromatic heterocycles. The molecule has 1 aliphatic carbocycles. The number of nitrogens with zero attached hydrogens (tertiary/aromatic N) is 1. The second-order valence-corrected chi connectivity index (χ2v) is 13.2. The van der Waals surface area contributed by atoms with Gasteiger partial charge in [-0.3, -0.25) is 13.9 Å². The zero-order valence-corrected chi connectivity index (χ0v) is 26.0. The predicted molar refractivity (Wildman–Crippen MR) is 175 cm³/mol. The largest absolute Gasteiger partial charge is 0.455 e. The number of halogens is 1. The molecule has 1 fully saturated rings. The molecule has 0 unspecified atom stereocenters. The van der Waals surface area contributed by atoms with Crippen molar-refractivity contribution in [3.8, 4) is 22.5 Å². The van der Waals surface area contributed by atoms with E-state index in [9.17, 15) is 27.5 Å². The van der Waals surface area contributed by atoms with Crippen molar-refractivity contribution < 1.29 is 31.9 Å². The lowest BCUT2D eigenvalue weighted by Crippen LogP contribution is -2.34. The molecule has 0 bridgehead atoms. The second kappa shape index (κ2) is 12.1. The van der Waals surface area contributed by atoms with Gasteiger partial charge < -0.3 is 20.2 Å². The Hall–Kier alpha value is -5.00. The molecule has 0 aliphatic heterocycles. The van der Waals surface area contributed by atoms with Gasteiger partial charge in [-0.05, 0) is 66.4 Å². The predicted octanol–water partition coefficient (Wildman–Crippen LogP) is 5.44. The van der Waals surface area contributed by atoms with E-state index in [1.165, 1.54) is 37.4 Å². The number of hydrogen-bond donors (Lipinski definition) is 3. The molecule has 1 saturated carbocycles. The number of benzene rings is 4. The number of carbonyl (C=O) groups is 2. The fraction of sp³-hybridized carbons (Fsp3) is 0.200. The highest BCUT2D eigenvalue weighted by Crippen LogP contribution is 2.46. The number of carbonyl (C=O) groups excluding carboxylic acids is 2. The second-order valence-electron chi connectivity index (χ2n) is 11.3. The van der Waals surface area contributed by atoms with Crippen LogP contribution in [0.3, 0.4) is 0 Å². The van der Waals surface area contributed by atoms with Gasteiger partial charge in [0, 0.05) is 35.2 Å². The van der Waals surface area contributed by atoms with Crippen LogP contribution in [0.5, 0.6) is 0 Å². The number of aliphatic hydroxyl groups excluding tert-OH is 1. The Bertz CT molecular complexity index is 2060. The van der Waals surface area contributed by atoms with Crippen LogP contribution in [-0.4, -0.2) is 51.8 Å². The Kier molecular flexibility index (Phi) is 8.13. The molecule has 236 valence electrons. The molecule has 11 heteroatoms. The molecule has 0 spiro atoms. The molecule has 1 aliphatic rings. The highest BCUT2D eigenvalue weighted by molar-refractivity contribution is 7.92. The minimum Gasteiger partial charge on any atom is -0.455 e. The molecule has 1 heterocycles. The van der Waals surface area contributed by atoms with Gasteiger partial charge in [0.1, 0.15) is 17.2 Å². The summed E-state index contributed by atoms with van der Waals surface area (Å²) in [6.07, 6.45) is 2.65. The Morgan fingerprint density at radius 1 is 0.935 bits per heavy atom. The van der Waals surface area contributed by atoms with E-state index in [-0.39, 0.29) is 35.0 Å². The smallest absolute Gasteiger partial charge is 0.255 e. The van der Waals surface area contributed by atoms with E-state index < -0.39 is 33.9 Å². The molecule has 9 nitrogen and oxygen atoms in total. The van der Waals surface area contributed by atoms with Crippen LogP contribution < -0.4 is 14.9 Å². The maximum atomic E-state index is 13.7. The minimum absolute atomic E-state index is 0.175. The van der Waals surface area contributed by atoms with Gasteiger partial charge in [0.15, 0.2) is 0 Å². The number of anilines is 1. The third kappa shape index (κ3) is 5.86. The third-order valence-corrected chi connectivity index (χ3v) is 9.38. The highest BCUT2D eigenvalue weighted by atomic mass is 32.2. The standard InChI is InChI=1S/C35H32FN3O6S/c1-37-34(42)31-28-20-27(23-7-6-8-24(19-23)33(41)38-35(15-16-35)25-9-4-3-5-10-25)29(39(17-18-40)46(2,43)44)21-30(28)45-32(31)22-11-13-26(36)14-12-22/h3-14,19-21,40H,15-18H2,1-2H3,(H,37,42)(H,38,41). The summed E-state index contributed by atoms with van der Waals surface area (Å²) in [5, 5.41) is 16.0. The van der Waals surface area contributed by atoms with Gasteiger partial charge >= 0.3 is 0 Å². The molecular weight excluding hydrogens is 609 g/mol. The molecule has 0 atom stereocenters. The van der Waals surface area contributed by atoms with Crippen LogP contribution in [0.15, 0.2) is 95.4 Å². The van der Waals surface area contributed by atoms with E-state index in [4.69, 9.17) is 4.42 Å². The first-order valence-corrected chi connectivity index (χ1v) is 16.5. The zero-order valence-electron chi connectivity index (χ0n) is 25.2. The molecule has 6 rings (SSSR count). The number of aliphatic hydroxyl groups is 1. The number of rotatable bonds is 10. The van der Waals surface area contributed by atoms with E-state index in [2.05, 4.69) is 10.6 Å². The van der Waals surface area contributed by atoms with Gasteiger partial charge in [-0.25, -0.2) is 12.8 Å². The first kappa shape index (κ1) is 31.0. The van der Waals surface area contributed by atoms with Gasteiger partial charge in [0.25, 0.3) is 11.8 Å². The van der Waals surface area contributed by atoms with Gasteiger partial charge in [0.05, 0.1) is 36.2 Å². The first-order chi connectivity index (χ1) is 22.0. The monoisotopic (exact) mass is 641 g/mol. The van der Waals surface area contributed by atoms with E-state index in [0.29, 0.717) is 27.6 Å². The fourth-order valence-corrected chi connectivity index (χ4v) is 6.69. The third-order valence-electron chi connectivity index (χ3n) is 8.20. The summed E-state index contributed by atoms with van der Waals surface area (Å²) in [6, 6.07) is 25.2. The average molecular weight is 642 g/mol. The Labute approximate surface area is 265 Å². The van der Waals surface area contributed by atoms with Crippen LogP contribution in [0.1, 0.15) is 39.1 Å². The van der Waals surface area contributed by atoms with E-state index >= 15 is 0 Å². The van der Waals surface area contributed by atoms with Crippen molar-refractivity contribution in [1.82, 2.24) is 10.6 Å². The summed E-state index contributed by atoms with van der Waals surface area (Å²) >= 11 is 0. The van der Waals surface area contributed by atoms with Crippen LogP contribution in [0.4, 0.5) is 10.1 Å². The Balaban J connectivity index is 1.52. The van der Waals surface area contributed by atoms with Crippen LogP contribution in [-0.2, 0) is 15.6 Å². The van der Waals surface area contributed by atoms with E-state index in [0.717, 1.165) is 29.0 Å². The number of nitrogens with one attached hydrogen (secondary N) is 2. The fourth-order valence-electron chi connectivity index (χ4n) is 5.77. The summed E-state index contributed by atoms with van der Waals surface area (Å²) in [6.45, 7) is -0.706. The lowest BCUT2D eigenvalue weighted by atomic mass is 9.96. The summed E-state index contributed by atoms with van der Waals surface area (Å²) in [4.78, 5) is 26.8. The Morgan fingerprint density at radius 2 is 1.65 bits per heavy atom. The van der Waals surface area contributed by atoms with Crippen LogP contribution >= 0.6 is 0 Å². The summed E-state index contributed by atoms with van der Waals surface area (Å²) in [5.41, 5.74) is 2.86.